The maximum absolute atomic E-state index is 13.5. The molecule has 0 fully saturated rings. The molecule has 0 aliphatic carbocycles. The Morgan fingerprint density at radius 1 is 1.12 bits per heavy atom. The second-order valence-corrected chi connectivity index (χ2v) is 11.0. The number of nitrogens with zero attached hydrogens (tertiary/aromatic N) is 4. The van der Waals surface area contributed by atoms with Gasteiger partial charge in [-0.1, -0.05) is 26.0 Å². The van der Waals surface area contributed by atoms with Crippen molar-refractivity contribution in [3.63, 3.8) is 0 Å². The molecule has 13 nitrogen and oxygen atoms in total. The zero-order chi connectivity index (χ0) is 29.7. The monoisotopic (exact) mass is 572 g/mol. The molecule has 3 atom stereocenters. The summed E-state index contributed by atoms with van der Waals surface area (Å²) in [5, 5.41) is 5.88. The Morgan fingerprint density at radius 3 is 2.50 bits per heavy atom. The number of thiazole rings is 1. The number of fused-ring (bicyclic) bond motifs is 1. The highest BCUT2D eigenvalue weighted by Crippen LogP contribution is 2.24. The minimum atomic E-state index is -0.875. The smallest absolute Gasteiger partial charge is 0.420 e. The fourth-order valence-corrected chi connectivity index (χ4v) is 5.13. The maximum Gasteiger partial charge on any atom is 0.420 e. The molecule has 1 heterocycles. The van der Waals surface area contributed by atoms with Crippen LogP contribution in [0.3, 0.4) is 0 Å². The minimum Gasteiger partial charge on any atom is -0.543 e. The van der Waals surface area contributed by atoms with Crippen LogP contribution in [0.25, 0.3) is 15.7 Å². The number of hydrogen-bond donors (Lipinski definition) is 6. The van der Waals surface area contributed by atoms with Crippen LogP contribution in [0, 0.1) is 11.8 Å². The lowest BCUT2D eigenvalue weighted by Crippen LogP contribution is -2.45. The largest absolute Gasteiger partial charge is 0.543 e. The van der Waals surface area contributed by atoms with Crippen molar-refractivity contribution in [2.45, 2.75) is 64.5 Å². The molecule has 0 aliphatic rings. The van der Waals surface area contributed by atoms with Crippen molar-refractivity contribution in [1.82, 2.24) is 15.6 Å². The summed E-state index contributed by atoms with van der Waals surface area (Å²) in [5.41, 5.74) is 31.6. The number of carbonyl (C=O) groups excluding carboxylic acids is 3. The van der Waals surface area contributed by atoms with Crippen LogP contribution < -0.4 is 33.6 Å². The number of Topliss-reactive ketones (excluding diaryl/α,β-unsaturated/α-hetero) is 2. The molecule has 2 rings (SSSR count). The Kier molecular flexibility index (Phi) is 13.2. The van der Waals surface area contributed by atoms with Crippen LogP contribution >= 0.6 is 11.3 Å². The SMILES string of the molecule is CC(C)C[C@H](CC(=O)[C@@H](N)CCCN=C(N)N)C(=O)N[C@@H](CCCNC(N)=[N+]=[N-])C(=O)c1nc2ccccc2s1. The predicted molar refractivity (Wildman–Crippen MR) is 156 cm³/mol. The zero-order valence-corrected chi connectivity index (χ0v) is 23.8. The first-order chi connectivity index (χ1) is 19.0. The number of para-hydroxylation sites is 1. The molecule has 0 saturated heterocycles. The number of amides is 1. The number of guanidine groups is 2. The maximum atomic E-state index is 13.5. The van der Waals surface area contributed by atoms with Crippen molar-refractivity contribution >= 4 is 50.9 Å². The Labute approximate surface area is 237 Å². The van der Waals surface area contributed by atoms with Crippen molar-refractivity contribution in [3.05, 3.63) is 34.8 Å². The summed E-state index contributed by atoms with van der Waals surface area (Å²) in [4.78, 5) is 51.1. The topological polar surface area (TPSA) is 241 Å². The molecule has 40 heavy (non-hydrogen) atoms. The third-order valence-corrected chi connectivity index (χ3v) is 7.23. The van der Waals surface area contributed by atoms with Gasteiger partial charge in [-0.05, 0) is 50.2 Å². The van der Waals surface area contributed by atoms with Crippen molar-refractivity contribution in [1.29, 1.82) is 0 Å². The van der Waals surface area contributed by atoms with Gasteiger partial charge in [0.1, 0.15) is 5.78 Å². The van der Waals surface area contributed by atoms with E-state index in [4.69, 9.17) is 28.5 Å². The molecule has 0 saturated carbocycles. The van der Waals surface area contributed by atoms with Gasteiger partial charge < -0.3 is 32.8 Å². The van der Waals surface area contributed by atoms with E-state index in [1.54, 1.807) is 0 Å². The normalized spacial score (nSPS) is 13.2. The number of nitrogens with two attached hydrogens (primary N) is 4. The average Bonchev–Trinajstić information content (AvgIpc) is 3.35. The number of nitrogens with one attached hydrogen (secondary N) is 2. The van der Waals surface area contributed by atoms with Gasteiger partial charge in [0, 0.05) is 18.9 Å². The highest BCUT2D eigenvalue weighted by Gasteiger charge is 2.30. The van der Waals surface area contributed by atoms with E-state index in [1.165, 1.54) is 11.3 Å². The first-order valence-corrected chi connectivity index (χ1v) is 14.1. The van der Waals surface area contributed by atoms with Gasteiger partial charge in [0.15, 0.2) is 11.0 Å². The first-order valence-electron chi connectivity index (χ1n) is 13.3. The highest BCUT2D eigenvalue weighted by atomic mass is 32.1. The van der Waals surface area contributed by atoms with Crippen molar-refractivity contribution in [2.75, 3.05) is 13.1 Å². The van der Waals surface area contributed by atoms with E-state index >= 15 is 0 Å². The van der Waals surface area contributed by atoms with Crippen LogP contribution in [-0.2, 0) is 9.59 Å². The molecule has 0 radical (unpaired) electrons. The molecule has 218 valence electrons. The highest BCUT2D eigenvalue weighted by molar-refractivity contribution is 7.20. The van der Waals surface area contributed by atoms with Gasteiger partial charge in [-0.2, -0.15) is 0 Å². The van der Waals surface area contributed by atoms with Crippen molar-refractivity contribution < 1.29 is 19.2 Å². The van der Waals surface area contributed by atoms with E-state index in [0.717, 1.165) is 4.70 Å². The van der Waals surface area contributed by atoms with Gasteiger partial charge in [-0.3, -0.25) is 30.4 Å². The number of rotatable bonds is 17. The molecular formula is C26H40N10O3S. The van der Waals surface area contributed by atoms with Gasteiger partial charge >= 0.3 is 5.96 Å². The lowest BCUT2D eigenvalue weighted by Gasteiger charge is -2.23. The van der Waals surface area contributed by atoms with Gasteiger partial charge in [0.05, 0.1) is 28.8 Å². The second-order valence-electron chi connectivity index (χ2n) is 10.0. The van der Waals surface area contributed by atoms with E-state index in [0.29, 0.717) is 44.3 Å². The fraction of sp³-hybridized carbons (Fsp3) is 0.538. The fourth-order valence-electron chi connectivity index (χ4n) is 4.17. The molecule has 0 spiro atoms. The summed E-state index contributed by atoms with van der Waals surface area (Å²) in [5.74, 6) is -1.64. The lowest BCUT2D eigenvalue weighted by atomic mass is 9.88. The van der Waals surface area contributed by atoms with Crippen LogP contribution in [0.5, 0.6) is 0 Å². The van der Waals surface area contributed by atoms with Crippen LogP contribution in [0.4, 0.5) is 0 Å². The summed E-state index contributed by atoms with van der Waals surface area (Å²) in [6.07, 6.45) is 2.04. The second kappa shape index (κ2) is 16.3. The number of hydrogen-bond acceptors (Lipinski definition) is 7. The number of aliphatic imine (C=N–C) groups is 1. The molecule has 0 bridgehead atoms. The zero-order valence-electron chi connectivity index (χ0n) is 23.0. The Bertz CT molecular complexity index is 1200. The number of carbonyl (C=O) groups is 3. The van der Waals surface area contributed by atoms with Crippen LogP contribution in [0.2, 0.25) is 0 Å². The van der Waals surface area contributed by atoms with Crippen LogP contribution in [0.1, 0.15) is 62.2 Å². The third kappa shape index (κ3) is 10.7. The Morgan fingerprint density at radius 2 is 1.85 bits per heavy atom. The first kappa shape index (κ1) is 32.3. The average molecular weight is 573 g/mol. The summed E-state index contributed by atoms with van der Waals surface area (Å²) in [7, 11) is 0. The van der Waals surface area contributed by atoms with Crippen molar-refractivity contribution in [3.8, 4) is 0 Å². The van der Waals surface area contributed by atoms with Gasteiger partial charge in [0.2, 0.25) is 11.7 Å². The summed E-state index contributed by atoms with van der Waals surface area (Å²) < 4.78 is 0.863. The van der Waals surface area contributed by atoms with E-state index in [-0.39, 0.29) is 47.3 Å². The molecule has 0 aliphatic heterocycles. The van der Waals surface area contributed by atoms with E-state index < -0.39 is 23.9 Å². The summed E-state index contributed by atoms with van der Waals surface area (Å²) >= 11 is 1.26. The molecule has 2 aromatic rings. The molecule has 0 unspecified atom stereocenters. The van der Waals surface area contributed by atoms with Gasteiger partial charge in [-0.15, -0.1) is 11.3 Å². The van der Waals surface area contributed by atoms with Gasteiger partial charge in [0.25, 0.3) is 0 Å². The standard InChI is InChI=1S/C26H40N10O3S/c1-15(2)13-16(14-20(37)17(27)7-5-11-32-25(28)29)23(39)34-19(9-6-12-33-26(30)36-31)22(38)24-35-18-8-3-4-10-21(18)40-24/h3-4,8,10,15-17,19,33H,5-7,9,11-14,27,30H2,1-2H3,(H,34,39)(H4,28,29,32)/t16-,17+,19+/m1/s1. The van der Waals surface area contributed by atoms with E-state index in [9.17, 15) is 14.4 Å². The van der Waals surface area contributed by atoms with E-state index in [1.807, 2.05) is 38.1 Å². The molecular weight excluding hydrogens is 532 g/mol. The molecule has 10 N–H and O–H groups in total. The van der Waals surface area contributed by atoms with Crippen molar-refractivity contribution in [2.24, 2.45) is 39.8 Å². The molecule has 1 amide bonds. The minimum absolute atomic E-state index is 0.0238. The molecule has 1 aromatic heterocycles. The van der Waals surface area contributed by atoms with E-state index in [2.05, 4.69) is 25.4 Å². The lowest BCUT2D eigenvalue weighted by molar-refractivity contribution is -0.130. The summed E-state index contributed by atoms with van der Waals surface area (Å²) in [6, 6.07) is 5.78. The number of aromatic nitrogens is 1. The third-order valence-electron chi connectivity index (χ3n) is 6.18. The predicted octanol–water partition coefficient (Wildman–Crippen LogP) is 0.881. The number of benzene rings is 1. The van der Waals surface area contributed by atoms with Crippen LogP contribution in [0.15, 0.2) is 29.3 Å². The molecule has 1 aromatic carbocycles. The van der Waals surface area contributed by atoms with Gasteiger partial charge in [-0.25, -0.2) is 4.98 Å². The number of ketones is 2. The Balaban J connectivity index is 2.15. The summed E-state index contributed by atoms with van der Waals surface area (Å²) in [6.45, 7) is 4.60. The Hall–Kier alpha value is -3.87. The van der Waals surface area contributed by atoms with Crippen LogP contribution in [-0.4, -0.2) is 64.3 Å². The quantitative estimate of drug-likeness (QED) is 0.0393. The molecule has 14 heteroatoms.